The zero-order valence-electron chi connectivity index (χ0n) is 17.7. The summed E-state index contributed by atoms with van der Waals surface area (Å²) < 4.78 is 5.81. The molecule has 2 heterocycles. The highest BCUT2D eigenvalue weighted by atomic mass is 35.5. The number of para-hydroxylation sites is 1. The summed E-state index contributed by atoms with van der Waals surface area (Å²) in [5.41, 5.74) is 4.82. The van der Waals surface area contributed by atoms with E-state index in [2.05, 4.69) is 15.5 Å². The van der Waals surface area contributed by atoms with Crippen molar-refractivity contribution in [1.82, 2.24) is 15.0 Å². The van der Waals surface area contributed by atoms with Gasteiger partial charge in [0, 0.05) is 22.3 Å². The Bertz CT molecular complexity index is 1470. The van der Waals surface area contributed by atoms with Crippen molar-refractivity contribution in [2.24, 2.45) is 0 Å². The Hall–Kier alpha value is -4.16. The van der Waals surface area contributed by atoms with Gasteiger partial charge in [-0.25, -0.2) is 0 Å². The summed E-state index contributed by atoms with van der Waals surface area (Å²) >= 11 is 5.93. The first-order valence-corrected chi connectivity index (χ1v) is 10.7. The Morgan fingerprint density at radius 1 is 0.970 bits per heavy atom. The number of carbonyl (C=O) groups excluding carboxylic acids is 1. The summed E-state index contributed by atoms with van der Waals surface area (Å²) in [5.74, 6) is 1.01. The van der Waals surface area contributed by atoms with Crippen molar-refractivity contribution in [2.45, 2.75) is 6.92 Å². The average molecular weight is 455 g/mol. The number of benzene rings is 3. The number of carbonyl (C=O) groups is 1. The van der Waals surface area contributed by atoms with E-state index < -0.39 is 0 Å². The molecule has 3 aromatic carbocycles. The van der Waals surface area contributed by atoms with Gasteiger partial charge in [-0.3, -0.25) is 4.79 Å². The molecule has 5 aromatic rings. The minimum absolute atomic E-state index is 0.266. The van der Waals surface area contributed by atoms with Gasteiger partial charge in [-0.05, 0) is 79.2 Å². The van der Waals surface area contributed by atoms with Gasteiger partial charge in [0.1, 0.15) is 22.6 Å². The molecule has 33 heavy (non-hydrogen) atoms. The summed E-state index contributed by atoms with van der Waals surface area (Å²) in [4.78, 5) is 14.1. The van der Waals surface area contributed by atoms with Crippen LogP contribution in [0.3, 0.4) is 0 Å². The van der Waals surface area contributed by atoms with Crippen LogP contribution in [0.2, 0.25) is 5.02 Å². The Kier molecular flexibility index (Phi) is 5.50. The smallest absolute Gasteiger partial charge is 0.248 e. The molecule has 0 unspecified atom stereocenters. The summed E-state index contributed by atoms with van der Waals surface area (Å²) in [6, 6.07) is 24.5. The summed E-state index contributed by atoms with van der Waals surface area (Å²) in [6.45, 7) is 1.92. The van der Waals surface area contributed by atoms with Gasteiger partial charge in [-0.15, -0.1) is 10.2 Å². The van der Waals surface area contributed by atoms with E-state index in [4.69, 9.17) is 16.0 Å². The number of fused-ring (bicyclic) bond motifs is 1. The molecule has 0 atom stereocenters. The van der Waals surface area contributed by atoms with Crippen molar-refractivity contribution in [3.63, 3.8) is 0 Å². The minimum Gasteiger partial charge on any atom is -0.457 e. The third kappa shape index (κ3) is 4.56. The molecule has 1 N–H and O–H groups in total. The summed E-state index contributed by atoms with van der Waals surface area (Å²) in [7, 11) is 0. The number of rotatable bonds is 5. The van der Waals surface area contributed by atoms with Crippen LogP contribution >= 0.6 is 11.6 Å². The molecule has 6 nitrogen and oxygen atoms in total. The second kappa shape index (κ2) is 8.76. The maximum absolute atomic E-state index is 12.5. The predicted octanol–water partition coefficient (Wildman–Crippen LogP) is 6.29. The maximum Gasteiger partial charge on any atom is 0.248 e. The first kappa shape index (κ1) is 20.7. The van der Waals surface area contributed by atoms with Crippen molar-refractivity contribution in [3.8, 4) is 17.0 Å². The lowest BCUT2D eigenvalue weighted by Crippen LogP contribution is -2.08. The van der Waals surface area contributed by atoms with Gasteiger partial charge in [0.25, 0.3) is 0 Å². The van der Waals surface area contributed by atoms with Crippen molar-refractivity contribution >= 4 is 40.3 Å². The number of hydrogen-bond donors (Lipinski definition) is 1. The normalized spacial score (nSPS) is 11.3. The molecule has 162 valence electrons. The van der Waals surface area contributed by atoms with Crippen LogP contribution in [0.4, 0.5) is 5.69 Å². The van der Waals surface area contributed by atoms with Gasteiger partial charge in [0.2, 0.25) is 5.91 Å². The lowest BCUT2D eigenvalue weighted by atomic mass is 10.1. The quantitative estimate of drug-likeness (QED) is 0.316. The number of nitrogens with zero attached hydrogens (tertiary/aromatic N) is 3. The number of aryl methyl sites for hydroxylation is 1. The van der Waals surface area contributed by atoms with Crippen molar-refractivity contribution in [1.29, 1.82) is 0 Å². The van der Waals surface area contributed by atoms with Gasteiger partial charge < -0.3 is 9.73 Å². The average Bonchev–Trinajstić information content (AvgIpc) is 3.46. The lowest BCUT2D eigenvalue weighted by molar-refractivity contribution is -0.111. The van der Waals surface area contributed by atoms with Crippen LogP contribution in [-0.2, 0) is 4.79 Å². The first-order chi connectivity index (χ1) is 16.0. The number of aromatic nitrogens is 3. The second-order valence-corrected chi connectivity index (χ2v) is 7.95. The Morgan fingerprint density at radius 3 is 2.45 bits per heavy atom. The number of hydrogen-bond acceptors (Lipinski definition) is 4. The van der Waals surface area contributed by atoms with Crippen LogP contribution in [0.5, 0.6) is 0 Å². The molecule has 1 amide bonds. The van der Waals surface area contributed by atoms with E-state index >= 15 is 0 Å². The predicted molar refractivity (Wildman–Crippen MR) is 130 cm³/mol. The third-order valence-electron chi connectivity index (χ3n) is 5.13. The highest BCUT2D eigenvalue weighted by Crippen LogP contribution is 2.25. The molecule has 0 spiro atoms. The van der Waals surface area contributed by atoms with Crippen molar-refractivity contribution in [2.75, 3.05) is 5.32 Å². The fourth-order valence-corrected chi connectivity index (χ4v) is 3.55. The molecule has 0 saturated carbocycles. The van der Waals surface area contributed by atoms with E-state index in [1.807, 2.05) is 73.7 Å². The topological polar surface area (TPSA) is 73.0 Å². The largest absolute Gasteiger partial charge is 0.457 e. The maximum atomic E-state index is 12.5. The molecule has 0 aliphatic carbocycles. The van der Waals surface area contributed by atoms with Crippen LogP contribution in [0, 0.1) is 6.92 Å². The molecule has 0 aliphatic heterocycles. The van der Waals surface area contributed by atoms with Gasteiger partial charge in [-0.1, -0.05) is 29.8 Å². The van der Waals surface area contributed by atoms with E-state index in [-0.39, 0.29) is 5.91 Å². The van der Waals surface area contributed by atoms with Crippen LogP contribution < -0.4 is 5.32 Å². The van der Waals surface area contributed by atoms with E-state index in [1.165, 1.54) is 6.08 Å². The molecule has 0 saturated heterocycles. The number of furan rings is 1. The zero-order chi connectivity index (χ0) is 22.8. The van der Waals surface area contributed by atoms with E-state index in [0.29, 0.717) is 27.7 Å². The van der Waals surface area contributed by atoms with E-state index in [9.17, 15) is 4.79 Å². The fraction of sp³-hybridized carbons (Fsp3) is 0.0385. The van der Waals surface area contributed by atoms with Gasteiger partial charge in [0.15, 0.2) is 0 Å². The van der Waals surface area contributed by atoms with Crippen molar-refractivity contribution < 1.29 is 9.21 Å². The molecule has 0 bridgehead atoms. The van der Waals surface area contributed by atoms with Crippen LogP contribution in [0.15, 0.2) is 89.4 Å². The summed E-state index contributed by atoms with van der Waals surface area (Å²) in [5, 5.41) is 12.6. The third-order valence-corrected chi connectivity index (χ3v) is 5.38. The molecule has 5 rings (SSSR count). The number of nitrogens with one attached hydrogen (secondary N) is 1. The Balaban J connectivity index is 1.31. The van der Waals surface area contributed by atoms with Gasteiger partial charge >= 0.3 is 0 Å². The van der Waals surface area contributed by atoms with Gasteiger partial charge in [-0.2, -0.15) is 4.80 Å². The van der Waals surface area contributed by atoms with E-state index in [0.717, 1.165) is 22.3 Å². The molecule has 7 heteroatoms. The number of amides is 1. The number of halogens is 1. The molecule has 2 aromatic heterocycles. The Labute approximate surface area is 195 Å². The first-order valence-electron chi connectivity index (χ1n) is 10.3. The monoisotopic (exact) mass is 454 g/mol. The van der Waals surface area contributed by atoms with E-state index in [1.54, 1.807) is 23.0 Å². The zero-order valence-corrected chi connectivity index (χ0v) is 18.5. The SMILES string of the molecule is Cc1cc2nn(-c3ccccc3)nc2cc1NC(=O)/C=C/c1ccc(-c2ccc(Cl)cc2)o1. The molecule has 0 fully saturated rings. The van der Waals surface area contributed by atoms with Crippen LogP contribution in [0.25, 0.3) is 34.1 Å². The van der Waals surface area contributed by atoms with Crippen molar-refractivity contribution in [3.05, 3.63) is 101 Å². The minimum atomic E-state index is -0.266. The highest BCUT2D eigenvalue weighted by molar-refractivity contribution is 6.30. The molecular formula is C26H19ClN4O2. The highest BCUT2D eigenvalue weighted by Gasteiger charge is 2.10. The lowest BCUT2D eigenvalue weighted by Gasteiger charge is -2.05. The summed E-state index contributed by atoms with van der Waals surface area (Å²) in [6.07, 6.45) is 3.07. The molecule has 0 radical (unpaired) electrons. The fourth-order valence-electron chi connectivity index (χ4n) is 3.42. The molecule has 0 aliphatic rings. The molecular weight excluding hydrogens is 436 g/mol. The standard InChI is InChI=1S/C26H19ClN4O2/c1-17-15-23-24(30-31(29-23)20-5-3-2-4-6-20)16-22(17)28-26(32)14-12-21-11-13-25(33-21)18-7-9-19(27)10-8-18/h2-16H,1H3,(H,28,32)/b14-12+. The van der Waals surface area contributed by atoms with Crippen LogP contribution in [-0.4, -0.2) is 20.9 Å². The second-order valence-electron chi connectivity index (χ2n) is 7.51. The van der Waals surface area contributed by atoms with Gasteiger partial charge in [0.05, 0.1) is 5.69 Å². The number of anilines is 1. The Morgan fingerprint density at radius 2 is 1.70 bits per heavy atom. The van der Waals surface area contributed by atoms with Crippen LogP contribution in [0.1, 0.15) is 11.3 Å².